The van der Waals surface area contributed by atoms with Crippen LogP contribution in [0.3, 0.4) is 0 Å². The molecule has 9 heteroatoms. The first-order valence-electron chi connectivity index (χ1n) is 10.8. The fourth-order valence-electron chi connectivity index (χ4n) is 4.40. The molecule has 2 saturated heterocycles. The zero-order valence-electron chi connectivity index (χ0n) is 19.0. The van der Waals surface area contributed by atoms with E-state index in [0.29, 0.717) is 19.4 Å². The third-order valence-electron chi connectivity index (χ3n) is 5.77. The summed E-state index contributed by atoms with van der Waals surface area (Å²) in [7, 11) is 1.30. The largest absolute Gasteiger partial charge is 0.467 e. The van der Waals surface area contributed by atoms with Crippen LogP contribution in [0.5, 0.6) is 0 Å². The molecule has 0 radical (unpaired) electrons. The van der Waals surface area contributed by atoms with E-state index in [-0.39, 0.29) is 18.7 Å². The van der Waals surface area contributed by atoms with E-state index in [0.717, 1.165) is 5.56 Å². The molecule has 2 aliphatic rings. The first-order chi connectivity index (χ1) is 15.1. The molecule has 0 unspecified atom stereocenters. The molecule has 0 bridgehead atoms. The Balaban J connectivity index is 1.75. The lowest BCUT2D eigenvalue weighted by atomic mass is 9.92. The molecule has 3 amide bonds. The van der Waals surface area contributed by atoms with E-state index in [1.54, 1.807) is 20.8 Å². The van der Waals surface area contributed by atoms with Gasteiger partial charge in [0.15, 0.2) is 0 Å². The maximum absolute atomic E-state index is 13.1. The molecule has 32 heavy (non-hydrogen) atoms. The minimum absolute atomic E-state index is 0.148. The highest BCUT2D eigenvalue weighted by Gasteiger charge is 2.59. The van der Waals surface area contributed by atoms with Crippen LogP contribution in [0, 0.1) is 0 Å². The average Bonchev–Trinajstić information content (AvgIpc) is 3.25. The summed E-state index contributed by atoms with van der Waals surface area (Å²) in [5.74, 6) is -1.29. The molecule has 2 heterocycles. The molecule has 174 valence electrons. The molecule has 1 aromatic carbocycles. The highest BCUT2D eigenvalue weighted by molar-refractivity contribution is 5.98. The summed E-state index contributed by atoms with van der Waals surface area (Å²) in [6.45, 7) is 5.64. The van der Waals surface area contributed by atoms with Crippen molar-refractivity contribution in [1.29, 1.82) is 0 Å². The topological polar surface area (TPSA) is 114 Å². The second-order valence-corrected chi connectivity index (χ2v) is 9.27. The number of carbonyl (C=O) groups is 4. The van der Waals surface area contributed by atoms with Crippen molar-refractivity contribution in [3.63, 3.8) is 0 Å². The van der Waals surface area contributed by atoms with Crippen molar-refractivity contribution >= 4 is 23.9 Å². The number of hydrogen-bond donors (Lipinski definition) is 2. The smallest absolute Gasteiger partial charge is 0.408 e. The highest BCUT2D eigenvalue weighted by atomic mass is 16.6. The summed E-state index contributed by atoms with van der Waals surface area (Å²) in [4.78, 5) is 52.4. The molecule has 0 aliphatic carbocycles. The van der Waals surface area contributed by atoms with E-state index in [4.69, 9.17) is 9.47 Å². The molecule has 1 aromatic rings. The second kappa shape index (κ2) is 9.18. The van der Waals surface area contributed by atoms with Crippen LogP contribution in [0.15, 0.2) is 30.3 Å². The van der Waals surface area contributed by atoms with Gasteiger partial charge in [-0.25, -0.2) is 9.59 Å². The summed E-state index contributed by atoms with van der Waals surface area (Å²) in [6.07, 6.45) is 0.852. The van der Waals surface area contributed by atoms with E-state index in [2.05, 4.69) is 10.6 Å². The van der Waals surface area contributed by atoms with Gasteiger partial charge >= 0.3 is 12.1 Å². The number of alkyl carbamates (subject to hydrolysis) is 1. The van der Waals surface area contributed by atoms with Crippen LogP contribution < -0.4 is 10.6 Å². The monoisotopic (exact) mass is 445 g/mol. The van der Waals surface area contributed by atoms with Gasteiger partial charge in [0.1, 0.15) is 23.2 Å². The Morgan fingerprint density at radius 1 is 1.22 bits per heavy atom. The van der Waals surface area contributed by atoms with Gasteiger partial charge in [0.2, 0.25) is 11.8 Å². The van der Waals surface area contributed by atoms with Crippen LogP contribution in [-0.4, -0.2) is 65.7 Å². The summed E-state index contributed by atoms with van der Waals surface area (Å²) >= 11 is 0. The standard InChI is InChI=1S/C23H31N3O6/c1-22(2,3)32-21(30)25-16(13-15-9-6-5-7-10-15)18(27)24-17-14-23(20(29)31-4)11-8-12-26(23)19(17)28/h5-7,9-10,16-17H,8,11-14H2,1-4H3,(H,24,27)(H,25,30)/t16-,17+,23-/m0/s1. The molecule has 2 fully saturated rings. The van der Waals surface area contributed by atoms with Crippen molar-refractivity contribution < 1.29 is 28.7 Å². The third-order valence-corrected chi connectivity index (χ3v) is 5.77. The maximum atomic E-state index is 13.1. The van der Waals surface area contributed by atoms with Gasteiger partial charge in [-0.2, -0.15) is 0 Å². The lowest BCUT2D eigenvalue weighted by molar-refractivity contribution is -0.155. The Morgan fingerprint density at radius 3 is 2.53 bits per heavy atom. The summed E-state index contributed by atoms with van der Waals surface area (Å²) in [5.41, 5.74) is -0.915. The number of ether oxygens (including phenoxy) is 2. The van der Waals surface area contributed by atoms with Crippen molar-refractivity contribution in [2.24, 2.45) is 0 Å². The Morgan fingerprint density at radius 2 is 1.91 bits per heavy atom. The van der Waals surface area contributed by atoms with E-state index in [1.165, 1.54) is 12.0 Å². The maximum Gasteiger partial charge on any atom is 0.408 e. The lowest BCUT2D eigenvalue weighted by Crippen LogP contribution is -2.53. The Labute approximate surface area is 187 Å². The minimum atomic E-state index is -1.03. The molecule has 3 atom stereocenters. The number of rotatable bonds is 6. The molecule has 9 nitrogen and oxygen atoms in total. The average molecular weight is 446 g/mol. The highest BCUT2D eigenvalue weighted by Crippen LogP contribution is 2.40. The number of nitrogens with zero attached hydrogens (tertiary/aromatic N) is 1. The zero-order valence-corrected chi connectivity index (χ0v) is 19.0. The molecule has 2 N–H and O–H groups in total. The van der Waals surface area contributed by atoms with Crippen molar-refractivity contribution in [3.8, 4) is 0 Å². The number of amides is 3. The summed E-state index contributed by atoms with van der Waals surface area (Å²) in [6, 6.07) is 7.42. The van der Waals surface area contributed by atoms with Gasteiger partial charge in [0.05, 0.1) is 7.11 Å². The molecule has 0 saturated carbocycles. The quantitative estimate of drug-likeness (QED) is 0.642. The normalized spacial score (nSPS) is 23.3. The number of esters is 1. The second-order valence-electron chi connectivity index (χ2n) is 9.27. The van der Waals surface area contributed by atoms with Crippen molar-refractivity contribution in [1.82, 2.24) is 15.5 Å². The first-order valence-corrected chi connectivity index (χ1v) is 10.8. The fraction of sp³-hybridized carbons (Fsp3) is 0.565. The van der Waals surface area contributed by atoms with Crippen molar-refractivity contribution in [2.45, 2.75) is 69.7 Å². The number of carbonyl (C=O) groups excluding carboxylic acids is 4. The van der Waals surface area contributed by atoms with Crippen molar-refractivity contribution in [2.75, 3.05) is 13.7 Å². The van der Waals surface area contributed by atoms with Gasteiger partial charge in [-0.3, -0.25) is 9.59 Å². The predicted molar refractivity (Wildman–Crippen MR) is 116 cm³/mol. The van der Waals surface area contributed by atoms with Gasteiger partial charge in [-0.15, -0.1) is 0 Å². The van der Waals surface area contributed by atoms with Gasteiger partial charge in [0.25, 0.3) is 0 Å². The van der Waals surface area contributed by atoms with Crippen LogP contribution in [0.1, 0.15) is 45.6 Å². The molecule has 0 aromatic heterocycles. The van der Waals surface area contributed by atoms with Gasteiger partial charge in [-0.05, 0) is 39.2 Å². The van der Waals surface area contributed by atoms with E-state index < -0.39 is 41.2 Å². The Hall–Kier alpha value is -3.10. The molecular weight excluding hydrogens is 414 g/mol. The number of fused-ring (bicyclic) bond motifs is 1. The van der Waals surface area contributed by atoms with Crippen molar-refractivity contribution in [3.05, 3.63) is 35.9 Å². The lowest BCUT2D eigenvalue weighted by Gasteiger charge is -2.28. The molecule has 3 rings (SSSR count). The summed E-state index contributed by atoms with van der Waals surface area (Å²) in [5, 5.41) is 5.36. The fourth-order valence-corrected chi connectivity index (χ4v) is 4.40. The molecule has 0 spiro atoms. The SMILES string of the molecule is COC(=O)[C@@]12CCCN1C(=O)[C@H](NC(=O)[C@H](Cc1ccccc1)NC(=O)OC(C)(C)C)C2. The van der Waals surface area contributed by atoms with Gasteiger partial charge < -0.3 is 25.0 Å². The van der Waals surface area contributed by atoms with Crippen LogP contribution in [0.25, 0.3) is 0 Å². The first kappa shape index (κ1) is 23.6. The number of benzene rings is 1. The Kier molecular flexibility index (Phi) is 6.76. The van der Waals surface area contributed by atoms with E-state index in [1.807, 2.05) is 30.3 Å². The summed E-state index contributed by atoms with van der Waals surface area (Å²) < 4.78 is 10.3. The Bertz CT molecular complexity index is 881. The van der Waals surface area contributed by atoms with Gasteiger partial charge in [0, 0.05) is 19.4 Å². The van der Waals surface area contributed by atoms with E-state index >= 15 is 0 Å². The van der Waals surface area contributed by atoms with E-state index in [9.17, 15) is 19.2 Å². The van der Waals surface area contributed by atoms with Crippen LogP contribution in [0.2, 0.25) is 0 Å². The molecule has 2 aliphatic heterocycles. The molecular formula is C23H31N3O6. The minimum Gasteiger partial charge on any atom is -0.467 e. The van der Waals surface area contributed by atoms with Crippen LogP contribution in [0.4, 0.5) is 4.79 Å². The van der Waals surface area contributed by atoms with Gasteiger partial charge in [-0.1, -0.05) is 30.3 Å². The number of methoxy groups -OCH3 is 1. The zero-order chi connectivity index (χ0) is 23.5. The number of nitrogens with one attached hydrogen (secondary N) is 2. The predicted octanol–water partition coefficient (Wildman–Crippen LogP) is 1.55. The third kappa shape index (κ3) is 5.03. The van der Waals surface area contributed by atoms with Crippen LogP contribution in [-0.2, 0) is 30.3 Å². The number of hydrogen-bond acceptors (Lipinski definition) is 6. The van der Waals surface area contributed by atoms with Crippen LogP contribution >= 0.6 is 0 Å².